The van der Waals surface area contributed by atoms with Crippen molar-refractivity contribution in [2.24, 2.45) is 5.92 Å². The molecule has 1 fully saturated rings. The number of aliphatic hydroxyl groups excluding tert-OH is 1. The molecule has 2 bridgehead atoms. The van der Waals surface area contributed by atoms with E-state index in [2.05, 4.69) is 10.6 Å². The normalized spacial score (nSPS) is 27.3. The van der Waals surface area contributed by atoms with Crippen molar-refractivity contribution in [2.45, 2.75) is 102 Å². The van der Waals surface area contributed by atoms with Crippen molar-refractivity contribution in [3.63, 3.8) is 0 Å². The zero-order valence-corrected chi connectivity index (χ0v) is 27.5. The summed E-state index contributed by atoms with van der Waals surface area (Å²) < 4.78 is 11.4. The lowest BCUT2D eigenvalue weighted by atomic mass is 9.89. The molecule has 1 aliphatic heterocycles. The summed E-state index contributed by atoms with van der Waals surface area (Å²) in [6, 6.07) is 0. The number of nitrogens with one attached hydrogen (secondary N) is 2. The molecule has 4 rings (SSSR count). The lowest BCUT2D eigenvalue weighted by Gasteiger charge is -2.30. The van der Waals surface area contributed by atoms with Crippen LogP contribution >= 0.6 is 0 Å². The molecule has 4 atom stereocenters. The number of amides is 2. The summed E-state index contributed by atoms with van der Waals surface area (Å²) in [4.78, 5) is 64.5. The van der Waals surface area contributed by atoms with Gasteiger partial charge >= 0.3 is 5.97 Å². The molecule has 10 nitrogen and oxygen atoms in total. The van der Waals surface area contributed by atoms with Crippen LogP contribution in [0, 0.1) is 5.92 Å². The molecule has 1 heterocycles. The van der Waals surface area contributed by atoms with Crippen LogP contribution in [0.25, 0.3) is 0 Å². The number of Topliss-reactive ketones (excluding diaryl/α,β-unsaturated/α-hetero) is 1. The second-order valence-corrected chi connectivity index (χ2v) is 12.7. The van der Waals surface area contributed by atoms with Crippen molar-refractivity contribution in [3.05, 3.63) is 83.2 Å². The van der Waals surface area contributed by atoms with Gasteiger partial charge in [0.25, 0.3) is 0 Å². The summed E-state index contributed by atoms with van der Waals surface area (Å²) in [6.07, 6.45) is 19.9. The van der Waals surface area contributed by atoms with Gasteiger partial charge in [-0.3, -0.25) is 19.2 Å². The minimum atomic E-state index is -1.06. The van der Waals surface area contributed by atoms with Crippen LogP contribution in [-0.2, 0) is 33.4 Å². The van der Waals surface area contributed by atoms with Gasteiger partial charge in [-0.15, -0.1) is 0 Å². The molecule has 47 heavy (non-hydrogen) atoms. The average molecular weight is 647 g/mol. The second kappa shape index (κ2) is 16.6. The van der Waals surface area contributed by atoms with Crippen LogP contribution in [0.2, 0.25) is 0 Å². The third-order valence-electron chi connectivity index (χ3n) is 9.03. The van der Waals surface area contributed by atoms with E-state index in [4.69, 9.17) is 9.47 Å². The minimum Gasteiger partial charge on any atom is -0.460 e. The third-order valence-corrected chi connectivity index (χ3v) is 9.03. The molecule has 4 aliphatic rings. The number of ketones is 2. The number of fused-ring (bicyclic) bond motifs is 2. The van der Waals surface area contributed by atoms with Crippen molar-refractivity contribution in [1.29, 1.82) is 0 Å². The quantitative estimate of drug-likeness (QED) is 0.227. The van der Waals surface area contributed by atoms with Gasteiger partial charge in [-0.25, -0.2) is 4.79 Å². The minimum absolute atomic E-state index is 0.0567. The molecular weight excluding hydrogens is 600 g/mol. The van der Waals surface area contributed by atoms with Crippen molar-refractivity contribution in [2.75, 3.05) is 7.11 Å². The van der Waals surface area contributed by atoms with E-state index in [0.29, 0.717) is 43.3 Å². The molecule has 10 heteroatoms. The van der Waals surface area contributed by atoms with E-state index >= 15 is 0 Å². The number of hydrogen-bond donors (Lipinski definition) is 3. The number of carbonyl (C=O) groups is 5. The van der Waals surface area contributed by atoms with Crippen molar-refractivity contribution >= 4 is 29.4 Å². The number of allylic oxidation sites excluding steroid dienone is 9. The first-order valence-corrected chi connectivity index (χ1v) is 16.4. The summed E-state index contributed by atoms with van der Waals surface area (Å²) in [6.45, 7) is 3.57. The van der Waals surface area contributed by atoms with Crippen LogP contribution in [0.5, 0.6) is 0 Å². The summed E-state index contributed by atoms with van der Waals surface area (Å²) in [5.74, 6) is -2.52. The molecule has 1 saturated carbocycles. The van der Waals surface area contributed by atoms with Crippen molar-refractivity contribution in [3.8, 4) is 0 Å². The fourth-order valence-corrected chi connectivity index (χ4v) is 5.82. The van der Waals surface area contributed by atoms with E-state index in [1.54, 1.807) is 43.4 Å². The number of rotatable bonds is 5. The smallest absolute Gasteiger partial charge is 0.332 e. The Labute approximate surface area is 276 Å². The highest BCUT2D eigenvalue weighted by Gasteiger charge is 2.54. The largest absolute Gasteiger partial charge is 0.460 e. The lowest BCUT2D eigenvalue weighted by Crippen LogP contribution is -2.47. The van der Waals surface area contributed by atoms with E-state index in [0.717, 1.165) is 25.3 Å². The van der Waals surface area contributed by atoms with Gasteiger partial charge < -0.3 is 25.2 Å². The zero-order chi connectivity index (χ0) is 34.0. The highest BCUT2D eigenvalue weighted by atomic mass is 16.5. The van der Waals surface area contributed by atoms with E-state index < -0.39 is 53.2 Å². The van der Waals surface area contributed by atoms with Gasteiger partial charge in [0.05, 0.1) is 24.3 Å². The highest BCUT2D eigenvalue weighted by molar-refractivity contribution is 6.21. The Kier molecular flexibility index (Phi) is 12.6. The van der Waals surface area contributed by atoms with Crippen LogP contribution in [0.15, 0.2) is 83.2 Å². The van der Waals surface area contributed by atoms with E-state index in [9.17, 15) is 29.1 Å². The molecule has 3 N–H and O–H groups in total. The summed E-state index contributed by atoms with van der Waals surface area (Å²) in [5.41, 5.74) is 0.467. The molecule has 0 spiro atoms. The first-order chi connectivity index (χ1) is 22.5. The monoisotopic (exact) mass is 646 g/mol. The molecule has 252 valence electrons. The Hall–Kier alpha value is -4.15. The topological polar surface area (TPSA) is 148 Å². The maximum absolute atomic E-state index is 13.5. The SMILES string of the molecule is COC1C=CC=CC=CCC(OC(=O)C2(NC(=O)C3=CCCCC3)CC2)C(C)C(O)C(C)=CCCC2=CC(=O)C=C(NC(=O)C1)C2=O. The third kappa shape index (κ3) is 9.92. The van der Waals surface area contributed by atoms with Crippen LogP contribution in [0.1, 0.15) is 78.1 Å². The average Bonchev–Trinajstić information content (AvgIpc) is 3.84. The van der Waals surface area contributed by atoms with Gasteiger partial charge in [0, 0.05) is 36.7 Å². The fourth-order valence-electron chi connectivity index (χ4n) is 5.82. The predicted octanol–water partition coefficient (Wildman–Crippen LogP) is 4.33. The van der Waals surface area contributed by atoms with Gasteiger partial charge in [-0.1, -0.05) is 55.5 Å². The summed E-state index contributed by atoms with van der Waals surface area (Å²) in [5, 5.41) is 16.8. The Morgan fingerprint density at radius 2 is 1.77 bits per heavy atom. The van der Waals surface area contributed by atoms with Gasteiger partial charge in [0.1, 0.15) is 11.6 Å². The number of hydrogen-bond acceptors (Lipinski definition) is 8. The Bertz CT molecular complexity index is 1460. The molecule has 0 radical (unpaired) electrons. The van der Waals surface area contributed by atoms with Crippen molar-refractivity contribution in [1.82, 2.24) is 10.6 Å². The maximum atomic E-state index is 13.5. The van der Waals surface area contributed by atoms with Crippen LogP contribution in [0.4, 0.5) is 0 Å². The van der Waals surface area contributed by atoms with Gasteiger partial charge in [-0.2, -0.15) is 0 Å². The molecule has 0 saturated heterocycles. The first-order valence-electron chi connectivity index (χ1n) is 16.4. The van der Waals surface area contributed by atoms with E-state index in [1.165, 1.54) is 13.2 Å². The molecular formula is C37H46N2O8. The lowest BCUT2D eigenvalue weighted by molar-refractivity contribution is -0.158. The Morgan fingerprint density at radius 1 is 1.00 bits per heavy atom. The zero-order valence-electron chi connectivity index (χ0n) is 27.5. The van der Waals surface area contributed by atoms with E-state index in [1.807, 2.05) is 19.1 Å². The first kappa shape index (κ1) is 35.7. The Balaban J connectivity index is 1.53. The predicted molar refractivity (Wildman–Crippen MR) is 176 cm³/mol. The maximum Gasteiger partial charge on any atom is 0.332 e. The number of ether oxygens (including phenoxy) is 2. The van der Waals surface area contributed by atoms with Gasteiger partial charge in [0.15, 0.2) is 5.78 Å². The van der Waals surface area contributed by atoms with Gasteiger partial charge in [0.2, 0.25) is 17.6 Å². The number of carbonyl (C=O) groups excluding carboxylic acids is 5. The van der Waals surface area contributed by atoms with Crippen LogP contribution < -0.4 is 10.6 Å². The number of methoxy groups -OCH3 is 1. The van der Waals surface area contributed by atoms with Gasteiger partial charge in [-0.05, 0) is 69.9 Å². The van der Waals surface area contributed by atoms with Crippen LogP contribution in [-0.4, -0.2) is 65.4 Å². The van der Waals surface area contributed by atoms with E-state index in [-0.39, 0.29) is 30.0 Å². The highest BCUT2D eigenvalue weighted by Crippen LogP contribution is 2.38. The molecule has 2 amide bonds. The molecule has 4 unspecified atom stereocenters. The molecule has 0 aromatic heterocycles. The number of esters is 1. The molecule has 0 aromatic carbocycles. The number of aliphatic hydroxyl groups is 1. The summed E-state index contributed by atoms with van der Waals surface area (Å²) in [7, 11) is 1.47. The molecule has 0 aromatic rings. The second-order valence-electron chi connectivity index (χ2n) is 12.7. The van der Waals surface area contributed by atoms with Crippen molar-refractivity contribution < 1.29 is 38.6 Å². The fraction of sp³-hybridized carbons (Fsp3) is 0.486. The van der Waals surface area contributed by atoms with Crippen LogP contribution in [0.3, 0.4) is 0 Å². The Morgan fingerprint density at radius 3 is 2.47 bits per heavy atom. The standard InChI is InChI=1S/C37H46N2O8/c1-24-13-12-16-27-21-28(40)22-30(34(27)43)38-32(41)23-29(46-3)17-10-5-4-6-11-18-31(25(2)33(24)42)47-36(45)37(19-20-37)39-35(44)26-14-8-7-9-15-26/h4-6,10-11,13-14,17,21-22,25,29,31,33,42H,7-9,12,15-16,18-20,23H2,1-3H3,(H,38,41)(H,39,44). The molecule has 3 aliphatic carbocycles. The summed E-state index contributed by atoms with van der Waals surface area (Å²) >= 11 is 0.